The number of benzene rings is 2. The summed E-state index contributed by atoms with van der Waals surface area (Å²) in [6.07, 6.45) is 0. The molecule has 1 aliphatic heterocycles. The van der Waals surface area contributed by atoms with E-state index in [2.05, 4.69) is 0 Å². The molecule has 5 heteroatoms. The Morgan fingerprint density at radius 2 is 1.88 bits per heavy atom. The lowest BCUT2D eigenvalue weighted by Gasteiger charge is -2.39. The number of carbonyl (C=O) groups is 2. The molecule has 1 atom stereocenters. The number of hydrogen-bond donors (Lipinski definition) is 0. The van der Waals surface area contributed by atoms with Gasteiger partial charge in [0.15, 0.2) is 0 Å². The van der Waals surface area contributed by atoms with E-state index in [4.69, 9.17) is 0 Å². The van der Waals surface area contributed by atoms with E-state index < -0.39 is 11.9 Å². The Kier molecular flexibility index (Phi) is 4.34. The van der Waals surface area contributed by atoms with E-state index in [1.807, 2.05) is 31.2 Å². The number of halogens is 1. The lowest BCUT2D eigenvalue weighted by Crippen LogP contribution is -2.57. The van der Waals surface area contributed by atoms with Crippen molar-refractivity contribution in [2.75, 3.05) is 18.0 Å². The summed E-state index contributed by atoms with van der Waals surface area (Å²) in [4.78, 5) is 28.5. The molecule has 3 rings (SSSR count). The van der Waals surface area contributed by atoms with Crippen molar-refractivity contribution in [3.8, 4) is 0 Å². The minimum Gasteiger partial charge on any atom is -0.325 e. The normalized spacial score (nSPS) is 18.0. The van der Waals surface area contributed by atoms with Crippen LogP contribution in [-0.2, 0) is 4.79 Å². The van der Waals surface area contributed by atoms with Crippen molar-refractivity contribution in [2.45, 2.75) is 19.9 Å². The van der Waals surface area contributed by atoms with Gasteiger partial charge < -0.3 is 9.80 Å². The monoisotopic (exact) mass is 326 g/mol. The molecule has 0 saturated carbocycles. The molecule has 0 aromatic heterocycles. The van der Waals surface area contributed by atoms with E-state index in [1.54, 1.807) is 17.9 Å². The maximum atomic E-state index is 13.3. The molecule has 1 saturated heterocycles. The Morgan fingerprint density at radius 3 is 2.58 bits per heavy atom. The van der Waals surface area contributed by atoms with E-state index in [-0.39, 0.29) is 17.4 Å². The lowest BCUT2D eigenvalue weighted by atomic mass is 10.1. The molecule has 1 unspecified atom stereocenters. The van der Waals surface area contributed by atoms with Crippen LogP contribution in [0.2, 0.25) is 0 Å². The Morgan fingerprint density at radius 1 is 1.12 bits per heavy atom. The predicted octanol–water partition coefficient (Wildman–Crippen LogP) is 3.01. The fourth-order valence-corrected chi connectivity index (χ4v) is 2.99. The second-order valence-corrected chi connectivity index (χ2v) is 6.01. The van der Waals surface area contributed by atoms with Crippen LogP contribution in [0.5, 0.6) is 0 Å². The summed E-state index contributed by atoms with van der Waals surface area (Å²) in [7, 11) is 0. The predicted molar refractivity (Wildman–Crippen MR) is 90.4 cm³/mol. The Hall–Kier alpha value is -2.69. The van der Waals surface area contributed by atoms with E-state index in [1.165, 1.54) is 23.1 Å². The van der Waals surface area contributed by atoms with Crippen LogP contribution in [0.25, 0.3) is 0 Å². The number of hydrogen-bond acceptors (Lipinski definition) is 2. The summed E-state index contributed by atoms with van der Waals surface area (Å²) in [5.41, 5.74) is 2.18. The van der Waals surface area contributed by atoms with E-state index in [9.17, 15) is 14.0 Å². The van der Waals surface area contributed by atoms with Crippen molar-refractivity contribution in [3.63, 3.8) is 0 Å². The first-order valence-electron chi connectivity index (χ1n) is 7.92. The van der Waals surface area contributed by atoms with Crippen LogP contribution in [0.3, 0.4) is 0 Å². The fraction of sp³-hybridized carbons (Fsp3) is 0.263. The number of rotatable bonds is 2. The van der Waals surface area contributed by atoms with Gasteiger partial charge in [0, 0.05) is 24.3 Å². The fourth-order valence-electron chi connectivity index (χ4n) is 2.99. The molecule has 0 spiro atoms. The van der Waals surface area contributed by atoms with Crippen molar-refractivity contribution in [2.24, 2.45) is 0 Å². The largest absolute Gasteiger partial charge is 0.325 e. The molecule has 4 nitrogen and oxygen atoms in total. The van der Waals surface area contributed by atoms with Gasteiger partial charge in [-0.05, 0) is 49.7 Å². The first-order valence-corrected chi connectivity index (χ1v) is 7.92. The zero-order chi connectivity index (χ0) is 17.3. The second-order valence-electron chi connectivity index (χ2n) is 6.01. The van der Waals surface area contributed by atoms with Crippen LogP contribution in [-0.4, -0.2) is 35.8 Å². The van der Waals surface area contributed by atoms with Gasteiger partial charge in [0.05, 0.1) is 0 Å². The highest BCUT2D eigenvalue weighted by Gasteiger charge is 2.35. The smallest absolute Gasteiger partial charge is 0.254 e. The lowest BCUT2D eigenvalue weighted by molar-refractivity contribution is -0.124. The SMILES string of the molecule is Cc1cccc(N2CCN(C(=O)c3cccc(F)c3)C(C)C2=O)c1. The summed E-state index contributed by atoms with van der Waals surface area (Å²) < 4.78 is 13.3. The molecule has 24 heavy (non-hydrogen) atoms. The number of carbonyl (C=O) groups excluding carboxylic acids is 2. The zero-order valence-electron chi connectivity index (χ0n) is 13.7. The standard InChI is InChI=1S/C19H19FN2O2/c1-13-5-3-8-17(11-13)22-10-9-21(14(2)18(22)23)19(24)15-6-4-7-16(20)12-15/h3-8,11-12,14H,9-10H2,1-2H3. The van der Waals surface area contributed by atoms with Gasteiger partial charge in [0.1, 0.15) is 11.9 Å². The Balaban J connectivity index is 1.81. The Labute approximate surface area is 140 Å². The molecule has 0 N–H and O–H groups in total. The van der Waals surface area contributed by atoms with Gasteiger partial charge in [0.25, 0.3) is 5.91 Å². The van der Waals surface area contributed by atoms with Gasteiger partial charge in [-0.15, -0.1) is 0 Å². The van der Waals surface area contributed by atoms with E-state index >= 15 is 0 Å². The molecule has 2 aromatic carbocycles. The van der Waals surface area contributed by atoms with E-state index in [0.717, 1.165) is 11.3 Å². The third-order valence-electron chi connectivity index (χ3n) is 4.30. The summed E-state index contributed by atoms with van der Waals surface area (Å²) in [5, 5.41) is 0. The number of amides is 2. The van der Waals surface area contributed by atoms with Gasteiger partial charge in [-0.25, -0.2) is 4.39 Å². The summed E-state index contributed by atoms with van der Waals surface area (Å²) in [6, 6.07) is 12.7. The second kappa shape index (κ2) is 6.43. The highest BCUT2D eigenvalue weighted by molar-refractivity contribution is 6.03. The first-order chi connectivity index (χ1) is 11.5. The highest BCUT2D eigenvalue weighted by atomic mass is 19.1. The van der Waals surface area contributed by atoms with Gasteiger partial charge in [-0.3, -0.25) is 9.59 Å². The maximum absolute atomic E-state index is 13.3. The van der Waals surface area contributed by atoms with Crippen molar-refractivity contribution >= 4 is 17.5 Å². The van der Waals surface area contributed by atoms with Gasteiger partial charge in [0.2, 0.25) is 5.91 Å². The van der Waals surface area contributed by atoms with Crippen LogP contribution >= 0.6 is 0 Å². The third kappa shape index (κ3) is 3.02. The maximum Gasteiger partial charge on any atom is 0.254 e. The number of anilines is 1. The van der Waals surface area contributed by atoms with Crippen LogP contribution in [0, 0.1) is 12.7 Å². The van der Waals surface area contributed by atoms with Crippen LogP contribution < -0.4 is 4.90 Å². The first kappa shape index (κ1) is 16.2. The molecule has 0 aliphatic carbocycles. The summed E-state index contributed by atoms with van der Waals surface area (Å²) in [6.45, 7) is 4.52. The number of nitrogens with zero attached hydrogens (tertiary/aromatic N) is 2. The van der Waals surface area contributed by atoms with Gasteiger partial charge >= 0.3 is 0 Å². The molecule has 0 radical (unpaired) electrons. The third-order valence-corrected chi connectivity index (χ3v) is 4.30. The average Bonchev–Trinajstić information content (AvgIpc) is 2.56. The topological polar surface area (TPSA) is 40.6 Å². The molecular weight excluding hydrogens is 307 g/mol. The highest BCUT2D eigenvalue weighted by Crippen LogP contribution is 2.22. The summed E-state index contributed by atoms with van der Waals surface area (Å²) >= 11 is 0. The van der Waals surface area contributed by atoms with Crippen LogP contribution in [0.1, 0.15) is 22.8 Å². The molecule has 2 aromatic rings. The average molecular weight is 326 g/mol. The Bertz CT molecular complexity index is 790. The number of aryl methyl sites for hydroxylation is 1. The van der Waals surface area contributed by atoms with Gasteiger partial charge in [-0.2, -0.15) is 0 Å². The molecule has 1 heterocycles. The van der Waals surface area contributed by atoms with Crippen molar-refractivity contribution in [1.82, 2.24) is 4.90 Å². The van der Waals surface area contributed by atoms with Crippen LogP contribution in [0.15, 0.2) is 48.5 Å². The number of piperazine rings is 1. The molecule has 2 amide bonds. The minimum atomic E-state index is -0.588. The van der Waals surface area contributed by atoms with Crippen molar-refractivity contribution in [1.29, 1.82) is 0 Å². The molecular formula is C19H19FN2O2. The minimum absolute atomic E-state index is 0.128. The molecule has 124 valence electrons. The van der Waals surface area contributed by atoms with Crippen LogP contribution in [0.4, 0.5) is 10.1 Å². The molecule has 1 aliphatic rings. The molecule has 1 fully saturated rings. The van der Waals surface area contributed by atoms with Crippen molar-refractivity contribution < 1.29 is 14.0 Å². The van der Waals surface area contributed by atoms with Gasteiger partial charge in [-0.1, -0.05) is 18.2 Å². The zero-order valence-corrected chi connectivity index (χ0v) is 13.7. The van der Waals surface area contributed by atoms with Crippen molar-refractivity contribution in [3.05, 3.63) is 65.5 Å². The summed E-state index contributed by atoms with van der Waals surface area (Å²) in [5.74, 6) is -0.908. The quantitative estimate of drug-likeness (QED) is 0.851. The van der Waals surface area contributed by atoms with E-state index in [0.29, 0.717) is 13.1 Å². The molecule has 0 bridgehead atoms.